The third kappa shape index (κ3) is 5.84. The maximum atomic E-state index is 12.6. The number of methoxy groups -OCH3 is 1. The van der Waals surface area contributed by atoms with E-state index < -0.39 is 11.8 Å². The van der Waals surface area contributed by atoms with Gasteiger partial charge in [0.15, 0.2) is 0 Å². The second-order valence-electron chi connectivity index (χ2n) is 6.36. The monoisotopic (exact) mass is 468 g/mol. The van der Waals surface area contributed by atoms with E-state index in [9.17, 15) is 9.59 Å². The van der Waals surface area contributed by atoms with Gasteiger partial charge in [0.1, 0.15) is 11.5 Å². The molecule has 0 aliphatic carbocycles. The van der Waals surface area contributed by atoms with Crippen LogP contribution in [0.1, 0.15) is 26.3 Å². The number of ether oxygens (including phenoxy) is 2. The van der Waals surface area contributed by atoms with Crippen molar-refractivity contribution in [3.8, 4) is 11.5 Å². The fraction of sp³-hybridized carbons (Fsp3) is 0.130. The lowest BCUT2D eigenvalue weighted by molar-refractivity contribution is 0.0844. The molecule has 0 heterocycles. The molecule has 0 spiro atoms. The van der Waals surface area contributed by atoms with E-state index in [0.717, 1.165) is 10.0 Å². The number of carbonyl (C=O) groups excluding carboxylic acids is 2. The lowest BCUT2D eigenvalue weighted by Crippen LogP contribution is -2.41. The molecule has 0 bridgehead atoms. The molecular weight excluding hydrogens is 448 g/mol. The summed E-state index contributed by atoms with van der Waals surface area (Å²) in [6, 6.07) is 21.7. The lowest BCUT2D eigenvalue weighted by Gasteiger charge is -2.13. The van der Waals surface area contributed by atoms with Gasteiger partial charge >= 0.3 is 0 Å². The number of halogens is 1. The zero-order chi connectivity index (χ0) is 21.3. The highest BCUT2D eigenvalue weighted by molar-refractivity contribution is 9.10. The molecule has 6 nitrogen and oxygen atoms in total. The molecule has 3 aromatic carbocycles. The SMILES string of the molecule is COc1ccc(C(=O)NNC(=O)c2cc(Br)ccc2OCCc2ccccc2)cc1. The van der Waals surface area contributed by atoms with Crippen LogP contribution in [0, 0.1) is 0 Å². The molecule has 3 rings (SSSR count). The molecule has 2 amide bonds. The van der Waals surface area contributed by atoms with Gasteiger partial charge in [-0.15, -0.1) is 0 Å². The number of hydrazine groups is 1. The highest BCUT2D eigenvalue weighted by atomic mass is 79.9. The zero-order valence-corrected chi connectivity index (χ0v) is 17.9. The lowest BCUT2D eigenvalue weighted by atomic mass is 10.1. The van der Waals surface area contributed by atoms with Gasteiger partial charge in [-0.25, -0.2) is 0 Å². The third-order valence-corrected chi connectivity index (χ3v) is 4.81. The summed E-state index contributed by atoms with van der Waals surface area (Å²) in [4.78, 5) is 24.9. The van der Waals surface area contributed by atoms with E-state index in [1.165, 1.54) is 0 Å². The summed E-state index contributed by atoms with van der Waals surface area (Å²) in [6.07, 6.45) is 0.714. The van der Waals surface area contributed by atoms with Gasteiger partial charge in [0.2, 0.25) is 0 Å². The van der Waals surface area contributed by atoms with E-state index in [-0.39, 0.29) is 0 Å². The fourth-order valence-corrected chi connectivity index (χ4v) is 3.09. The second kappa shape index (κ2) is 10.5. The van der Waals surface area contributed by atoms with E-state index >= 15 is 0 Å². The fourth-order valence-electron chi connectivity index (χ4n) is 2.72. The molecule has 0 saturated heterocycles. The van der Waals surface area contributed by atoms with Crippen LogP contribution in [0.3, 0.4) is 0 Å². The van der Waals surface area contributed by atoms with Crippen molar-refractivity contribution < 1.29 is 19.1 Å². The Morgan fingerprint density at radius 2 is 1.60 bits per heavy atom. The minimum atomic E-state index is -0.479. The Balaban J connectivity index is 1.61. The van der Waals surface area contributed by atoms with Crippen LogP contribution in [0.25, 0.3) is 0 Å². The Labute approximate surface area is 183 Å². The van der Waals surface area contributed by atoms with Crippen LogP contribution in [0.4, 0.5) is 0 Å². The molecule has 0 fully saturated rings. The second-order valence-corrected chi connectivity index (χ2v) is 7.28. The number of carbonyl (C=O) groups is 2. The maximum Gasteiger partial charge on any atom is 0.273 e. The summed E-state index contributed by atoms with van der Waals surface area (Å²) in [5, 5.41) is 0. The number of benzene rings is 3. The number of nitrogens with one attached hydrogen (secondary N) is 2. The van der Waals surface area contributed by atoms with Gasteiger partial charge in [-0.2, -0.15) is 0 Å². The van der Waals surface area contributed by atoms with Crippen molar-refractivity contribution in [2.24, 2.45) is 0 Å². The third-order valence-electron chi connectivity index (χ3n) is 4.32. The van der Waals surface area contributed by atoms with Crippen molar-refractivity contribution in [2.45, 2.75) is 6.42 Å². The first-order valence-electron chi connectivity index (χ1n) is 9.28. The molecule has 0 atom stereocenters. The van der Waals surface area contributed by atoms with Crippen LogP contribution in [-0.2, 0) is 6.42 Å². The molecule has 30 heavy (non-hydrogen) atoms. The zero-order valence-electron chi connectivity index (χ0n) is 16.4. The van der Waals surface area contributed by atoms with Crippen molar-refractivity contribution in [2.75, 3.05) is 13.7 Å². The van der Waals surface area contributed by atoms with Gasteiger partial charge < -0.3 is 9.47 Å². The Morgan fingerprint density at radius 1 is 0.900 bits per heavy atom. The van der Waals surface area contributed by atoms with Crippen molar-refractivity contribution in [1.29, 1.82) is 0 Å². The van der Waals surface area contributed by atoms with Crippen molar-refractivity contribution in [3.05, 3.63) is 94.0 Å². The summed E-state index contributed by atoms with van der Waals surface area (Å²) in [5.41, 5.74) is 6.70. The van der Waals surface area contributed by atoms with E-state index in [0.29, 0.717) is 35.7 Å². The molecule has 0 aliphatic rings. The first-order valence-corrected chi connectivity index (χ1v) is 10.1. The van der Waals surface area contributed by atoms with Crippen LogP contribution < -0.4 is 20.3 Å². The predicted octanol–water partition coefficient (Wildman–Crippen LogP) is 4.15. The van der Waals surface area contributed by atoms with Gasteiger partial charge in [-0.3, -0.25) is 20.4 Å². The average Bonchev–Trinajstić information content (AvgIpc) is 2.79. The van der Waals surface area contributed by atoms with Gasteiger partial charge in [0.25, 0.3) is 11.8 Å². The van der Waals surface area contributed by atoms with E-state index in [2.05, 4.69) is 26.8 Å². The van der Waals surface area contributed by atoms with Gasteiger partial charge in [0, 0.05) is 16.5 Å². The smallest absolute Gasteiger partial charge is 0.273 e. The van der Waals surface area contributed by atoms with Crippen LogP contribution in [0.2, 0.25) is 0 Å². The van der Waals surface area contributed by atoms with Gasteiger partial charge in [0.05, 0.1) is 19.3 Å². The van der Waals surface area contributed by atoms with Crippen LogP contribution in [0.15, 0.2) is 77.3 Å². The molecular formula is C23H21BrN2O4. The predicted molar refractivity (Wildman–Crippen MR) is 118 cm³/mol. The highest BCUT2D eigenvalue weighted by Crippen LogP contribution is 2.23. The normalized spacial score (nSPS) is 10.2. The number of rotatable bonds is 7. The maximum absolute atomic E-state index is 12.6. The van der Waals surface area contributed by atoms with E-state index in [4.69, 9.17) is 9.47 Å². The Morgan fingerprint density at radius 3 is 2.30 bits per heavy atom. The molecule has 2 N–H and O–H groups in total. The standard InChI is InChI=1S/C23H21BrN2O4/c1-29-19-10-7-17(8-11-19)22(27)25-26-23(28)20-15-18(24)9-12-21(20)30-14-13-16-5-3-2-4-6-16/h2-12,15H,13-14H2,1H3,(H,25,27)(H,26,28). The summed E-state index contributed by atoms with van der Waals surface area (Å²) in [5.74, 6) is 0.160. The first-order chi connectivity index (χ1) is 14.6. The molecule has 0 aliphatic heterocycles. The van der Waals surface area contributed by atoms with Gasteiger partial charge in [-0.05, 0) is 48.0 Å². The minimum absolute atomic E-state index is 0.312. The molecule has 0 saturated carbocycles. The summed E-state index contributed by atoms with van der Waals surface area (Å²) in [6.45, 7) is 0.421. The molecule has 0 aromatic heterocycles. The summed E-state index contributed by atoms with van der Waals surface area (Å²) >= 11 is 3.37. The van der Waals surface area contributed by atoms with Crippen molar-refractivity contribution in [1.82, 2.24) is 10.9 Å². The summed E-state index contributed by atoms with van der Waals surface area (Å²) < 4.78 is 11.6. The van der Waals surface area contributed by atoms with E-state index in [1.54, 1.807) is 49.6 Å². The molecule has 0 unspecified atom stereocenters. The van der Waals surface area contributed by atoms with Gasteiger partial charge in [-0.1, -0.05) is 46.3 Å². The first kappa shape index (κ1) is 21.4. The van der Waals surface area contributed by atoms with Crippen molar-refractivity contribution >= 4 is 27.7 Å². The van der Waals surface area contributed by atoms with Crippen molar-refractivity contribution in [3.63, 3.8) is 0 Å². The largest absolute Gasteiger partial charge is 0.497 e. The topological polar surface area (TPSA) is 76.7 Å². The Bertz CT molecular complexity index is 1010. The number of hydrogen-bond acceptors (Lipinski definition) is 4. The summed E-state index contributed by atoms with van der Waals surface area (Å²) in [7, 11) is 1.55. The van der Waals surface area contributed by atoms with E-state index in [1.807, 2.05) is 30.3 Å². The highest BCUT2D eigenvalue weighted by Gasteiger charge is 2.15. The number of hydrogen-bond donors (Lipinski definition) is 2. The molecule has 154 valence electrons. The Hall–Kier alpha value is -3.32. The number of amides is 2. The average molecular weight is 469 g/mol. The van der Waals surface area contributed by atoms with Crippen LogP contribution in [0.5, 0.6) is 11.5 Å². The Kier molecular flexibility index (Phi) is 7.45. The molecule has 3 aromatic rings. The van der Waals surface area contributed by atoms with Crippen LogP contribution in [-0.4, -0.2) is 25.5 Å². The van der Waals surface area contributed by atoms with Crippen LogP contribution >= 0.6 is 15.9 Å². The molecule has 0 radical (unpaired) electrons. The quantitative estimate of drug-likeness (QED) is 0.510. The minimum Gasteiger partial charge on any atom is -0.497 e. The molecule has 7 heteroatoms.